The zero-order valence-corrected chi connectivity index (χ0v) is 15.4. The van der Waals surface area contributed by atoms with Gasteiger partial charge in [-0.3, -0.25) is 9.59 Å². The summed E-state index contributed by atoms with van der Waals surface area (Å²) in [7, 11) is 0. The van der Waals surface area contributed by atoms with Crippen molar-refractivity contribution in [1.29, 1.82) is 0 Å². The molecular formula is C17H27ClN2O4. The minimum Gasteiger partial charge on any atom is -0.488 e. The molecule has 3 N–H and O–H groups in total. The molecule has 24 heavy (non-hydrogen) atoms. The molecular weight excluding hydrogens is 332 g/mol. The van der Waals surface area contributed by atoms with E-state index in [4.69, 9.17) is 15.2 Å². The van der Waals surface area contributed by atoms with Crippen LogP contribution in [0.3, 0.4) is 0 Å². The van der Waals surface area contributed by atoms with Crippen LogP contribution in [0.25, 0.3) is 0 Å². The molecule has 0 aliphatic heterocycles. The minimum absolute atomic E-state index is 0. The Labute approximate surface area is 149 Å². The summed E-state index contributed by atoms with van der Waals surface area (Å²) in [5.41, 5.74) is 6.52. The summed E-state index contributed by atoms with van der Waals surface area (Å²) in [5, 5.41) is 2.47. The number of benzene rings is 1. The number of carbonyl (C=O) groups is 2. The molecule has 0 aromatic heterocycles. The van der Waals surface area contributed by atoms with Crippen molar-refractivity contribution in [3.8, 4) is 5.75 Å². The second kappa shape index (κ2) is 10.2. The summed E-state index contributed by atoms with van der Waals surface area (Å²) >= 11 is 0. The van der Waals surface area contributed by atoms with Gasteiger partial charge >= 0.3 is 5.97 Å². The summed E-state index contributed by atoms with van der Waals surface area (Å²) in [6.45, 7) is 7.75. The minimum atomic E-state index is -0.723. The summed E-state index contributed by atoms with van der Waals surface area (Å²) in [4.78, 5) is 23.0. The van der Waals surface area contributed by atoms with Gasteiger partial charge in [0.15, 0.2) is 0 Å². The normalized spacial score (nSPS) is 11.9. The molecule has 0 aliphatic carbocycles. The average Bonchev–Trinajstić information content (AvgIpc) is 2.45. The lowest BCUT2D eigenvalue weighted by atomic mass is 10.1. The molecule has 1 aromatic carbocycles. The summed E-state index contributed by atoms with van der Waals surface area (Å²) < 4.78 is 10.5. The molecule has 1 aromatic rings. The molecule has 0 heterocycles. The van der Waals surface area contributed by atoms with Gasteiger partial charge in [-0.1, -0.05) is 12.1 Å². The number of halogens is 1. The number of amides is 1. The van der Waals surface area contributed by atoms with Crippen LogP contribution in [0.2, 0.25) is 0 Å². The SMILES string of the molecule is CCOC(=O)CNC(=O)[C@@H](N)Cc1ccc(OC(C)(C)C)cc1.Cl. The Kier molecular flexibility index (Phi) is 9.40. The molecule has 0 unspecified atom stereocenters. The van der Waals surface area contributed by atoms with Gasteiger partial charge in [0, 0.05) is 0 Å². The fraction of sp³-hybridized carbons (Fsp3) is 0.529. The third kappa shape index (κ3) is 8.74. The third-order valence-corrected chi connectivity index (χ3v) is 2.85. The van der Waals surface area contributed by atoms with Crippen LogP contribution in [-0.4, -0.2) is 36.7 Å². The van der Waals surface area contributed by atoms with Crippen LogP contribution in [0.1, 0.15) is 33.3 Å². The van der Waals surface area contributed by atoms with Crippen molar-refractivity contribution in [3.05, 3.63) is 29.8 Å². The maximum absolute atomic E-state index is 11.8. The number of nitrogens with one attached hydrogen (secondary N) is 1. The van der Waals surface area contributed by atoms with Gasteiger partial charge in [0.25, 0.3) is 0 Å². The molecule has 0 spiro atoms. The van der Waals surface area contributed by atoms with E-state index in [2.05, 4.69) is 5.32 Å². The average molecular weight is 359 g/mol. The molecule has 0 aliphatic rings. The molecule has 0 radical (unpaired) electrons. The number of esters is 1. The Bertz CT molecular complexity index is 526. The van der Waals surface area contributed by atoms with E-state index in [1.54, 1.807) is 6.92 Å². The molecule has 7 heteroatoms. The maximum Gasteiger partial charge on any atom is 0.325 e. The fourth-order valence-corrected chi connectivity index (χ4v) is 1.90. The highest BCUT2D eigenvalue weighted by Gasteiger charge is 2.16. The van der Waals surface area contributed by atoms with E-state index in [-0.39, 0.29) is 37.1 Å². The predicted octanol–water partition coefficient (Wildman–Crippen LogP) is 1.83. The molecule has 0 saturated heterocycles. The van der Waals surface area contributed by atoms with Crippen molar-refractivity contribution in [1.82, 2.24) is 5.32 Å². The number of hydrogen-bond donors (Lipinski definition) is 2. The number of ether oxygens (including phenoxy) is 2. The Morgan fingerprint density at radius 2 is 1.79 bits per heavy atom. The summed E-state index contributed by atoms with van der Waals surface area (Å²) in [6.07, 6.45) is 0.379. The van der Waals surface area contributed by atoms with Gasteiger partial charge in [-0.2, -0.15) is 0 Å². The molecule has 1 amide bonds. The van der Waals surface area contributed by atoms with Crippen molar-refractivity contribution in [2.45, 2.75) is 45.8 Å². The van der Waals surface area contributed by atoms with E-state index in [0.29, 0.717) is 6.42 Å². The lowest BCUT2D eigenvalue weighted by molar-refractivity contribution is -0.143. The van der Waals surface area contributed by atoms with E-state index >= 15 is 0 Å². The van der Waals surface area contributed by atoms with E-state index in [0.717, 1.165) is 11.3 Å². The Morgan fingerprint density at radius 3 is 2.29 bits per heavy atom. The van der Waals surface area contributed by atoms with Gasteiger partial charge in [0.05, 0.1) is 12.6 Å². The first-order chi connectivity index (χ1) is 10.7. The van der Waals surface area contributed by atoms with Gasteiger partial charge in [0.2, 0.25) is 5.91 Å². The summed E-state index contributed by atoms with van der Waals surface area (Å²) in [5.74, 6) is -0.0913. The van der Waals surface area contributed by atoms with Crippen LogP contribution in [0.5, 0.6) is 5.75 Å². The van der Waals surface area contributed by atoms with Crippen LogP contribution >= 0.6 is 12.4 Å². The largest absolute Gasteiger partial charge is 0.488 e. The zero-order valence-electron chi connectivity index (χ0n) is 14.6. The molecule has 0 saturated carbocycles. The van der Waals surface area contributed by atoms with Gasteiger partial charge in [-0.25, -0.2) is 0 Å². The number of nitrogens with two attached hydrogens (primary N) is 1. The Balaban J connectivity index is 0.00000529. The van der Waals surface area contributed by atoms with Crippen LogP contribution in [0.15, 0.2) is 24.3 Å². The van der Waals surface area contributed by atoms with Crippen LogP contribution in [0, 0.1) is 0 Å². The van der Waals surface area contributed by atoms with Crippen molar-refractivity contribution in [3.63, 3.8) is 0 Å². The van der Waals surface area contributed by atoms with Crippen molar-refractivity contribution >= 4 is 24.3 Å². The quantitative estimate of drug-likeness (QED) is 0.726. The molecule has 0 fully saturated rings. The van der Waals surface area contributed by atoms with Crippen molar-refractivity contribution in [2.24, 2.45) is 5.73 Å². The monoisotopic (exact) mass is 358 g/mol. The smallest absolute Gasteiger partial charge is 0.325 e. The van der Waals surface area contributed by atoms with Gasteiger partial charge in [0.1, 0.15) is 17.9 Å². The van der Waals surface area contributed by atoms with Crippen molar-refractivity contribution in [2.75, 3.05) is 13.2 Å². The highest BCUT2D eigenvalue weighted by atomic mass is 35.5. The highest BCUT2D eigenvalue weighted by Crippen LogP contribution is 2.18. The molecule has 6 nitrogen and oxygen atoms in total. The number of carbonyl (C=O) groups excluding carboxylic acids is 2. The second-order valence-electron chi connectivity index (χ2n) is 6.19. The van der Waals surface area contributed by atoms with Gasteiger partial charge in [-0.15, -0.1) is 12.4 Å². The van der Waals surface area contributed by atoms with Gasteiger partial charge in [-0.05, 0) is 51.8 Å². The van der Waals surface area contributed by atoms with Crippen molar-refractivity contribution < 1.29 is 19.1 Å². The van der Waals surface area contributed by atoms with Crippen LogP contribution in [0.4, 0.5) is 0 Å². The van der Waals surface area contributed by atoms with Gasteiger partial charge < -0.3 is 20.5 Å². The van der Waals surface area contributed by atoms with E-state index in [9.17, 15) is 9.59 Å². The molecule has 0 bridgehead atoms. The van der Waals surface area contributed by atoms with E-state index < -0.39 is 12.0 Å². The van der Waals surface area contributed by atoms with Crippen LogP contribution < -0.4 is 15.8 Å². The first-order valence-electron chi connectivity index (χ1n) is 7.68. The highest BCUT2D eigenvalue weighted by molar-refractivity contribution is 5.86. The zero-order chi connectivity index (χ0) is 17.5. The molecule has 136 valence electrons. The molecule has 1 rings (SSSR count). The Morgan fingerprint density at radius 1 is 1.21 bits per heavy atom. The lowest BCUT2D eigenvalue weighted by Crippen LogP contribution is -2.44. The Hall–Kier alpha value is -1.79. The second-order valence-corrected chi connectivity index (χ2v) is 6.19. The maximum atomic E-state index is 11.8. The predicted molar refractivity (Wildman–Crippen MR) is 95.4 cm³/mol. The lowest BCUT2D eigenvalue weighted by Gasteiger charge is -2.21. The third-order valence-electron chi connectivity index (χ3n) is 2.85. The first-order valence-corrected chi connectivity index (χ1v) is 7.68. The standard InChI is InChI=1S/C17H26N2O4.ClH/c1-5-22-15(20)11-19-16(21)14(18)10-12-6-8-13(9-7-12)23-17(2,3)4;/h6-9,14H,5,10-11,18H2,1-4H3,(H,19,21);1H/t14-;/m0./s1. The first kappa shape index (κ1) is 22.2. The summed E-state index contributed by atoms with van der Waals surface area (Å²) in [6, 6.07) is 6.73. The van der Waals surface area contributed by atoms with Crippen LogP contribution in [-0.2, 0) is 20.7 Å². The fourth-order valence-electron chi connectivity index (χ4n) is 1.90. The number of hydrogen-bond acceptors (Lipinski definition) is 5. The topological polar surface area (TPSA) is 90.7 Å². The van der Waals surface area contributed by atoms with E-state index in [1.807, 2.05) is 45.0 Å². The van der Waals surface area contributed by atoms with E-state index in [1.165, 1.54) is 0 Å². The number of rotatable bonds is 7. The molecule has 1 atom stereocenters.